The van der Waals surface area contributed by atoms with Crippen molar-refractivity contribution in [3.8, 4) is 0 Å². The Bertz CT molecular complexity index is 880. The first-order valence-electron chi connectivity index (χ1n) is 8.43. The second kappa shape index (κ2) is 8.56. The summed E-state index contributed by atoms with van der Waals surface area (Å²) < 4.78 is 27.3. The molecule has 0 bridgehead atoms. The highest BCUT2D eigenvalue weighted by molar-refractivity contribution is 7.92. The van der Waals surface area contributed by atoms with E-state index in [1.165, 1.54) is 30.3 Å². The SMILES string of the molecule is CCCC(C)NC(=O)c1ccc(NS(=O)(=O)c2ccc(C)cc2)cc1Cl. The van der Waals surface area contributed by atoms with E-state index in [-0.39, 0.29) is 21.9 Å². The number of hydrogen-bond donors (Lipinski definition) is 2. The number of halogens is 1. The van der Waals surface area contributed by atoms with Crippen molar-refractivity contribution < 1.29 is 13.2 Å². The van der Waals surface area contributed by atoms with Gasteiger partial charge in [0, 0.05) is 6.04 Å². The number of sulfonamides is 1. The van der Waals surface area contributed by atoms with Crippen LogP contribution in [0.15, 0.2) is 47.4 Å². The van der Waals surface area contributed by atoms with E-state index in [1.807, 2.05) is 20.8 Å². The van der Waals surface area contributed by atoms with Crippen LogP contribution in [-0.2, 0) is 10.0 Å². The normalized spacial score (nSPS) is 12.5. The molecule has 0 radical (unpaired) electrons. The fourth-order valence-corrected chi connectivity index (χ4v) is 3.82. The van der Waals surface area contributed by atoms with E-state index in [1.54, 1.807) is 12.1 Å². The number of rotatable bonds is 7. The zero-order valence-corrected chi connectivity index (χ0v) is 16.6. The number of amides is 1. The molecular weight excluding hydrogens is 372 g/mol. The van der Waals surface area contributed by atoms with Gasteiger partial charge in [-0.25, -0.2) is 8.42 Å². The van der Waals surface area contributed by atoms with E-state index in [4.69, 9.17) is 11.6 Å². The highest BCUT2D eigenvalue weighted by Gasteiger charge is 2.17. The third-order valence-corrected chi connectivity index (χ3v) is 5.61. The first kappa shape index (κ1) is 20.3. The number of carbonyl (C=O) groups is 1. The van der Waals surface area contributed by atoms with Gasteiger partial charge in [-0.1, -0.05) is 42.6 Å². The van der Waals surface area contributed by atoms with Crippen LogP contribution in [0.3, 0.4) is 0 Å². The molecule has 1 atom stereocenters. The number of carbonyl (C=O) groups excluding carboxylic acids is 1. The van der Waals surface area contributed by atoms with Crippen LogP contribution >= 0.6 is 11.6 Å². The molecule has 2 rings (SSSR count). The largest absolute Gasteiger partial charge is 0.350 e. The molecule has 0 aliphatic heterocycles. The Morgan fingerprint density at radius 2 is 1.81 bits per heavy atom. The molecule has 2 aromatic rings. The summed E-state index contributed by atoms with van der Waals surface area (Å²) >= 11 is 6.18. The third kappa shape index (κ3) is 5.22. The molecule has 2 N–H and O–H groups in total. The van der Waals surface area contributed by atoms with E-state index in [0.717, 1.165) is 18.4 Å². The van der Waals surface area contributed by atoms with Crippen LogP contribution in [0, 0.1) is 6.92 Å². The van der Waals surface area contributed by atoms with E-state index < -0.39 is 10.0 Å². The monoisotopic (exact) mass is 394 g/mol. The minimum atomic E-state index is -3.72. The Kier molecular flexibility index (Phi) is 6.67. The second-order valence-corrected chi connectivity index (χ2v) is 8.37. The quantitative estimate of drug-likeness (QED) is 0.732. The Hall–Kier alpha value is -2.05. The lowest BCUT2D eigenvalue weighted by molar-refractivity contribution is 0.0938. The van der Waals surface area contributed by atoms with Crippen LogP contribution in [0.25, 0.3) is 0 Å². The zero-order valence-electron chi connectivity index (χ0n) is 15.0. The lowest BCUT2D eigenvalue weighted by Crippen LogP contribution is -2.32. The highest BCUT2D eigenvalue weighted by atomic mass is 35.5. The zero-order chi connectivity index (χ0) is 19.3. The van der Waals surface area contributed by atoms with Crippen LogP contribution < -0.4 is 10.0 Å². The number of hydrogen-bond acceptors (Lipinski definition) is 3. The molecule has 2 aromatic carbocycles. The molecule has 5 nitrogen and oxygen atoms in total. The van der Waals surface area contributed by atoms with Crippen molar-refractivity contribution in [1.29, 1.82) is 0 Å². The van der Waals surface area contributed by atoms with Crippen molar-refractivity contribution in [3.05, 3.63) is 58.6 Å². The van der Waals surface area contributed by atoms with Crippen molar-refractivity contribution in [3.63, 3.8) is 0 Å². The molecule has 7 heteroatoms. The number of anilines is 1. The van der Waals surface area contributed by atoms with E-state index in [0.29, 0.717) is 11.3 Å². The maximum Gasteiger partial charge on any atom is 0.261 e. The van der Waals surface area contributed by atoms with Crippen LogP contribution in [-0.4, -0.2) is 20.4 Å². The van der Waals surface area contributed by atoms with Crippen molar-refractivity contribution in [1.82, 2.24) is 5.32 Å². The minimum Gasteiger partial charge on any atom is -0.350 e. The van der Waals surface area contributed by atoms with Gasteiger partial charge in [-0.05, 0) is 50.6 Å². The van der Waals surface area contributed by atoms with Gasteiger partial charge in [-0.3, -0.25) is 9.52 Å². The Labute approximate surface area is 159 Å². The summed E-state index contributed by atoms with van der Waals surface area (Å²) in [5.41, 5.74) is 1.58. The molecule has 0 fully saturated rings. The van der Waals surface area contributed by atoms with Crippen molar-refractivity contribution in [2.75, 3.05) is 4.72 Å². The summed E-state index contributed by atoms with van der Waals surface area (Å²) in [5.74, 6) is -0.274. The summed E-state index contributed by atoms with van der Waals surface area (Å²) in [7, 11) is -3.72. The molecule has 0 aliphatic rings. The summed E-state index contributed by atoms with van der Waals surface area (Å²) in [6.45, 7) is 5.86. The van der Waals surface area contributed by atoms with Crippen LogP contribution in [0.4, 0.5) is 5.69 Å². The topological polar surface area (TPSA) is 75.3 Å². The van der Waals surface area contributed by atoms with Gasteiger partial charge in [0.1, 0.15) is 0 Å². The predicted octanol–water partition coefficient (Wildman–Crippen LogP) is 4.37. The van der Waals surface area contributed by atoms with E-state index >= 15 is 0 Å². The Morgan fingerprint density at radius 1 is 1.15 bits per heavy atom. The van der Waals surface area contributed by atoms with Gasteiger partial charge in [-0.15, -0.1) is 0 Å². The smallest absolute Gasteiger partial charge is 0.261 e. The van der Waals surface area contributed by atoms with E-state index in [2.05, 4.69) is 10.0 Å². The summed E-state index contributed by atoms with van der Waals surface area (Å²) in [6.07, 6.45) is 1.84. The summed E-state index contributed by atoms with van der Waals surface area (Å²) in [6, 6.07) is 11.1. The van der Waals surface area contributed by atoms with Crippen molar-refractivity contribution in [2.24, 2.45) is 0 Å². The van der Waals surface area contributed by atoms with Gasteiger partial charge in [0.2, 0.25) is 0 Å². The Morgan fingerprint density at radius 3 is 2.38 bits per heavy atom. The van der Waals surface area contributed by atoms with Crippen molar-refractivity contribution >= 4 is 33.2 Å². The first-order chi connectivity index (χ1) is 12.2. The van der Waals surface area contributed by atoms with Crippen LogP contribution in [0.2, 0.25) is 5.02 Å². The van der Waals surface area contributed by atoms with Gasteiger partial charge in [-0.2, -0.15) is 0 Å². The third-order valence-electron chi connectivity index (χ3n) is 3.90. The lowest BCUT2D eigenvalue weighted by Gasteiger charge is -2.14. The van der Waals surface area contributed by atoms with Gasteiger partial charge in [0.15, 0.2) is 0 Å². The molecule has 1 amide bonds. The summed E-state index contributed by atoms with van der Waals surface area (Å²) in [5, 5.41) is 3.06. The predicted molar refractivity (Wildman–Crippen MR) is 105 cm³/mol. The maximum atomic E-state index is 12.4. The molecule has 1 unspecified atom stereocenters. The standard InChI is InChI=1S/C19H23ClN2O3S/c1-4-5-14(3)21-19(23)17-11-8-15(12-18(17)20)22-26(24,25)16-9-6-13(2)7-10-16/h6-12,14,22H,4-5H2,1-3H3,(H,21,23). The van der Waals surface area contributed by atoms with Gasteiger partial charge < -0.3 is 5.32 Å². The average Bonchev–Trinajstić information content (AvgIpc) is 2.55. The molecule has 0 aliphatic carbocycles. The molecule has 0 spiro atoms. The second-order valence-electron chi connectivity index (χ2n) is 6.28. The number of nitrogens with one attached hydrogen (secondary N) is 2. The van der Waals surface area contributed by atoms with Gasteiger partial charge in [0.25, 0.3) is 15.9 Å². The molecule has 0 saturated heterocycles. The van der Waals surface area contributed by atoms with E-state index in [9.17, 15) is 13.2 Å². The summed E-state index contributed by atoms with van der Waals surface area (Å²) in [4.78, 5) is 12.4. The van der Waals surface area contributed by atoms with Crippen LogP contribution in [0.5, 0.6) is 0 Å². The van der Waals surface area contributed by atoms with Gasteiger partial charge >= 0.3 is 0 Å². The minimum absolute atomic E-state index is 0.0447. The fourth-order valence-electron chi connectivity index (χ4n) is 2.50. The lowest BCUT2D eigenvalue weighted by atomic mass is 10.1. The molecule has 140 valence electrons. The van der Waals surface area contributed by atoms with Crippen LogP contribution in [0.1, 0.15) is 42.6 Å². The number of benzene rings is 2. The number of aryl methyl sites for hydroxylation is 1. The Balaban J connectivity index is 2.16. The molecule has 0 heterocycles. The molecule has 26 heavy (non-hydrogen) atoms. The first-order valence-corrected chi connectivity index (χ1v) is 10.3. The molecule has 0 aromatic heterocycles. The maximum absolute atomic E-state index is 12.4. The fraction of sp³-hybridized carbons (Fsp3) is 0.316. The van der Waals surface area contributed by atoms with Crippen molar-refractivity contribution in [2.45, 2.75) is 44.6 Å². The average molecular weight is 395 g/mol. The highest BCUT2D eigenvalue weighted by Crippen LogP contribution is 2.23. The molecule has 0 saturated carbocycles. The molecular formula is C19H23ClN2O3S. The van der Waals surface area contributed by atoms with Gasteiger partial charge in [0.05, 0.1) is 21.2 Å².